The molecule has 3 amide bonds. The highest BCUT2D eigenvalue weighted by Gasteiger charge is 2.34. The molecule has 4 rings (SSSR count). The molecule has 8 nitrogen and oxygen atoms in total. The minimum Gasteiger partial charge on any atom is -0.477 e. The Morgan fingerprint density at radius 3 is 2.60 bits per heavy atom. The molecule has 2 heterocycles. The number of hydrogen-bond acceptors (Lipinski definition) is 5. The molecule has 0 bridgehead atoms. The summed E-state index contributed by atoms with van der Waals surface area (Å²) in [5.41, 5.74) is 2.05. The molecule has 2 N–H and O–H groups in total. The van der Waals surface area contributed by atoms with Gasteiger partial charge >= 0.3 is 0 Å². The lowest BCUT2D eigenvalue weighted by Gasteiger charge is -2.37. The first kappa shape index (κ1) is 19.8. The summed E-state index contributed by atoms with van der Waals surface area (Å²) < 4.78 is 5.82. The third-order valence-electron chi connectivity index (χ3n) is 5.35. The van der Waals surface area contributed by atoms with Crippen molar-refractivity contribution in [3.05, 3.63) is 48.5 Å². The van der Waals surface area contributed by atoms with E-state index in [-0.39, 0.29) is 43.3 Å². The van der Waals surface area contributed by atoms with Gasteiger partial charge in [-0.3, -0.25) is 14.4 Å². The van der Waals surface area contributed by atoms with Gasteiger partial charge < -0.3 is 25.2 Å². The average molecular weight is 408 g/mol. The molecule has 30 heavy (non-hydrogen) atoms. The van der Waals surface area contributed by atoms with Crippen molar-refractivity contribution in [1.82, 2.24) is 5.32 Å². The Morgan fingerprint density at radius 1 is 1.13 bits per heavy atom. The van der Waals surface area contributed by atoms with Crippen molar-refractivity contribution in [2.24, 2.45) is 0 Å². The second-order valence-electron chi connectivity index (χ2n) is 7.45. The fourth-order valence-electron chi connectivity index (χ4n) is 3.96. The number of carbonyl (C=O) groups excluding carboxylic acids is 3. The number of fused-ring (bicyclic) bond motifs is 2. The molecule has 0 spiro atoms. The van der Waals surface area contributed by atoms with Crippen molar-refractivity contribution in [2.75, 3.05) is 35.3 Å². The first-order valence-electron chi connectivity index (χ1n) is 9.91. The van der Waals surface area contributed by atoms with Crippen LogP contribution in [0.15, 0.2) is 48.5 Å². The minimum absolute atomic E-state index is 0.0563. The molecule has 0 fully saturated rings. The van der Waals surface area contributed by atoms with Crippen molar-refractivity contribution < 1.29 is 19.1 Å². The number of nitrogens with zero attached hydrogens (tertiary/aromatic N) is 2. The number of carbonyl (C=O) groups is 3. The Hall–Kier alpha value is -3.55. The van der Waals surface area contributed by atoms with Crippen LogP contribution in [0, 0.1) is 0 Å². The first-order valence-corrected chi connectivity index (χ1v) is 9.91. The van der Waals surface area contributed by atoms with Crippen LogP contribution in [-0.4, -0.2) is 50.0 Å². The molecular weight excluding hydrogens is 384 g/mol. The average Bonchev–Trinajstić information content (AvgIpc) is 2.87. The van der Waals surface area contributed by atoms with Gasteiger partial charge in [-0.2, -0.15) is 0 Å². The summed E-state index contributed by atoms with van der Waals surface area (Å²) in [6.45, 7) is 2.17. The second kappa shape index (κ2) is 8.06. The summed E-state index contributed by atoms with van der Waals surface area (Å²) in [5.74, 6) is 0.0389. The second-order valence-corrected chi connectivity index (χ2v) is 7.45. The van der Waals surface area contributed by atoms with Gasteiger partial charge in [0.1, 0.15) is 5.75 Å². The van der Waals surface area contributed by atoms with E-state index in [0.29, 0.717) is 17.1 Å². The number of amides is 3. The molecule has 8 heteroatoms. The number of likely N-dealkylation sites (N-methyl/N-ethyl adjacent to an activating group) is 1. The summed E-state index contributed by atoms with van der Waals surface area (Å²) in [4.78, 5) is 41.4. The van der Waals surface area contributed by atoms with Crippen LogP contribution in [0.3, 0.4) is 0 Å². The Balaban J connectivity index is 1.64. The van der Waals surface area contributed by atoms with E-state index in [4.69, 9.17) is 4.74 Å². The molecule has 2 aromatic rings. The molecule has 0 unspecified atom stereocenters. The fourth-order valence-corrected chi connectivity index (χ4v) is 3.96. The highest BCUT2D eigenvalue weighted by Crippen LogP contribution is 2.35. The number of benzene rings is 2. The van der Waals surface area contributed by atoms with E-state index < -0.39 is 6.10 Å². The largest absolute Gasteiger partial charge is 0.477 e. The van der Waals surface area contributed by atoms with Crippen molar-refractivity contribution in [1.29, 1.82) is 0 Å². The molecule has 156 valence electrons. The van der Waals surface area contributed by atoms with Crippen LogP contribution >= 0.6 is 0 Å². The molecule has 0 aliphatic carbocycles. The highest BCUT2D eigenvalue weighted by atomic mass is 16.5. The van der Waals surface area contributed by atoms with Gasteiger partial charge in [0.05, 0.1) is 30.2 Å². The molecule has 0 radical (unpaired) electrons. The monoisotopic (exact) mass is 408 g/mol. The third-order valence-corrected chi connectivity index (χ3v) is 5.35. The van der Waals surface area contributed by atoms with Crippen molar-refractivity contribution in [3.63, 3.8) is 0 Å². The van der Waals surface area contributed by atoms with Gasteiger partial charge in [-0.25, -0.2) is 0 Å². The van der Waals surface area contributed by atoms with E-state index in [1.165, 1.54) is 0 Å². The maximum atomic E-state index is 13.5. The molecule has 0 saturated carbocycles. The topological polar surface area (TPSA) is 91.0 Å². The van der Waals surface area contributed by atoms with Gasteiger partial charge in [-0.1, -0.05) is 24.3 Å². The Morgan fingerprint density at radius 2 is 1.83 bits per heavy atom. The summed E-state index contributed by atoms with van der Waals surface area (Å²) in [5, 5.41) is 5.47. The highest BCUT2D eigenvalue weighted by molar-refractivity contribution is 6.05. The van der Waals surface area contributed by atoms with Crippen LogP contribution in [0.5, 0.6) is 5.75 Å². The number of anilines is 3. The summed E-state index contributed by atoms with van der Waals surface area (Å²) in [6, 6.07) is 14.3. The zero-order valence-electron chi connectivity index (χ0n) is 16.9. The zero-order chi connectivity index (χ0) is 21.3. The molecular formula is C22H24N4O4. The minimum atomic E-state index is -0.713. The Bertz CT molecular complexity index is 993. The van der Waals surface area contributed by atoms with E-state index in [1.807, 2.05) is 48.2 Å². The summed E-state index contributed by atoms with van der Waals surface area (Å²) in [6.07, 6.45) is -0.504. The fraction of sp³-hybridized carbons (Fsp3) is 0.318. The lowest BCUT2D eigenvalue weighted by atomic mass is 10.1. The molecule has 0 aromatic heterocycles. The summed E-state index contributed by atoms with van der Waals surface area (Å²) >= 11 is 0. The SMILES string of the molecule is CNC(=O)[C@H]1CN(CC(=O)N2c3ccccc3NC(=O)C[C@@H]2C)c2ccccc2O1. The number of rotatable bonds is 3. The molecule has 2 atom stereocenters. The van der Waals surface area contributed by atoms with Gasteiger partial charge in [-0.05, 0) is 31.2 Å². The van der Waals surface area contributed by atoms with E-state index in [9.17, 15) is 14.4 Å². The van der Waals surface area contributed by atoms with Crippen LogP contribution < -0.4 is 25.2 Å². The van der Waals surface area contributed by atoms with Gasteiger partial charge in [0.15, 0.2) is 6.10 Å². The number of hydrogen-bond donors (Lipinski definition) is 2. The smallest absolute Gasteiger partial charge is 0.262 e. The van der Waals surface area contributed by atoms with Crippen LogP contribution in [-0.2, 0) is 14.4 Å². The van der Waals surface area contributed by atoms with Crippen molar-refractivity contribution in [3.8, 4) is 5.75 Å². The number of nitrogens with one attached hydrogen (secondary N) is 2. The first-order chi connectivity index (χ1) is 14.5. The maximum absolute atomic E-state index is 13.5. The molecule has 2 aromatic carbocycles. The van der Waals surface area contributed by atoms with Gasteiger partial charge in [0.25, 0.3) is 5.91 Å². The van der Waals surface area contributed by atoms with Gasteiger partial charge in [-0.15, -0.1) is 0 Å². The van der Waals surface area contributed by atoms with E-state index in [1.54, 1.807) is 24.1 Å². The quantitative estimate of drug-likeness (QED) is 0.808. The predicted molar refractivity (Wildman–Crippen MR) is 114 cm³/mol. The van der Waals surface area contributed by atoms with Crippen LogP contribution in [0.4, 0.5) is 17.1 Å². The van der Waals surface area contributed by atoms with E-state index >= 15 is 0 Å². The zero-order valence-corrected chi connectivity index (χ0v) is 16.9. The van der Waals surface area contributed by atoms with Crippen LogP contribution in [0.2, 0.25) is 0 Å². The normalized spacial score (nSPS) is 20.3. The van der Waals surface area contributed by atoms with Crippen LogP contribution in [0.1, 0.15) is 13.3 Å². The lowest BCUT2D eigenvalue weighted by Crippen LogP contribution is -2.52. The predicted octanol–water partition coefficient (Wildman–Crippen LogP) is 1.76. The number of para-hydroxylation sites is 4. The third kappa shape index (κ3) is 3.68. The molecule has 2 aliphatic heterocycles. The van der Waals surface area contributed by atoms with Gasteiger partial charge in [0.2, 0.25) is 11.8 Å². The van der Waals surface area contributed by atoms with E-state index in [0.717, 1.165) is 5.69 Å². The van der Waals surface area contributed by atoms with Crippen molar-refractivity contribution in [2.45, 2.75) is 25.5 Å². The maximum Gasteiger partial charge on any atom is 0.262 e. The summed E-state index contributed by atoms with van der Waals surface area (Å²) in [7, 11) is 1.56. The van der Waals surface area contributed by atoms with E-state index in [2.05, 4.69) is 10.6 Å². The van der Waals surface area contributed by atoms with Crippen LogP contribution in [0.25, 0.3) is 0 Å². The number of ether oxygens (including phenoxy) is 1. The Labute approximate surface area is 174 Å². The standard InChI is InChI=1S/C22H24N4O4/c1-14-11-20(27)24-15-7-3-4-8-16(15)26(14)21(28)13-25-12-19(22(29)23-2)30-18-10-6-5-9-17(18)25/h3-10,14,19H,11-13H2,1-2H3,(H,23,29)(H,24,27)/t14-,19+/m0/s1. The Kier molecular flexibility index (Phi) is 5.31. The molecule has 2 aliphatic rings. The van der Waals surface area contributed by atoms with Crippen molar-refractivity contribution >= 4 is 34.8 Å². The van der Waals surface area contributed by atoms with Gasteiger partial charge in [0, 0.05) is 19.5 Å². The molecule has 0 saturated heterocycles. The lowest BCUT2D eigenvalue weighted by molar-refractivity contribution is -0.127.